The van der Waals surface area contributed by atoms with E-state index in [1.807, 2.05) is 72.8 Å². The highest BCUT2D eigenvalue weighted by atomic mass is 16.3. The molecule has 206 valence electrons. The maximum absolute atomic E-state index is 6.71. The summed E-state index contributed by atoms with van der Waals surface area (Å²) < 4.78 is 9.01. The van der Waals surface area contributed by atoms with Gasteiger partial charge >= 0.3 is 0 Å². The van der Waals surface area contributed by atoms with E-state index in [4.69, 9.17) is 19.4 Å². The van der Waals surface area contributed by atoms with Crippen molar-refractivity contribution in [3.05, 3.63) is 146 Å². The van der Waals surface area contributed by atoms with E-state index < -0.39 is 0 Å². The van der Waals surface area contributed by atoms with Crippen LogP contribution in [0.1, 0.15) is 0 Å². The molecule has 0 saturated heterocycles. The van der Waals surface area contributed by atoms with Crippen molar-refractivity contribution in [2.45, 2.75) is 0 Å². The third-order valence-electron chi connectivity index (χ3n) is 8.26. The minimum absolute atomic E-state index is 0.580. The van der Waals surface area contributed by atoms with Gasteiger partial charge in [-0.15, -0.1) is 0 Å². The first-order valence-electron chi connectivity index (χ1n) is 14.6. The second-order valence-electron chi connectivity index (χ2n) is 10.8. The summed E-state index contributed by atoms with van der Waals surface area (Å²) in [7, 11) is 0. The van der Waals surface area contributed by atoms with Crippen molar-refractivity contribution in [3.8, 4) is 39.9 Å². The maximum Gasteiger partial charge on any atom is 0.166 e. The molecular weight excluding hydrogens is 540 g/mol. The Balaban J connectivity index is 1.43. The van der Waals surface area contributed by atoms with E-state index in [0.29, 0.717) is 17.5 Å². The Kier molecular flexibility index (Phi) is 5.43. The fourth-order valence-electron chi connectivity index (χ4n) is 6.27. The first-order chi connectivity index (χ1) is 21.8. The molecule has 0 radical (unpaired) electrons. The maximum atomic E-state index is 6.71. The van der Waals surface area contributed by atoms with Gasteiger partial charge in [-0.3, -0.25) is 0 Å². The van der Waals surface area contributed by atoms with Gasteiger partial charge in [0.1, 0.15) is 11.3 Å². The molecule has 5 heteroatoms. The van der Waals surface area contributed by atoms with Crippen LogP contribution in [0.4, 0.5) is 0 Å². The Labute approximate surface area is 252 Å². The molecule has 3 aromatic heterocycles. The van der Waals surface area contributed by atoms with Crippen LogP contribution in [-0.2, 0) is 0 Å². The van der Waals surface area contributed by atoms with Crippen LogP contribution in [0, 0.1) is 0 Å². The molecule has 9 rings (SSSR count). The lowest BCUT2D eigenvalue weighted by molar-refractivity contribution is 0.666. The Hall–Kier alpha value is -6.07. The quantitative estimate of drug-likeness (QED) is 0.213. The van der Waals surface area contributed by atoms with Gasteiger partial charge in [0.15, 0.2) is 23.1 Å². The Morgan fingerprint density at radius 3 is 1.52 bits per heavy atom. The van der Waals surface area contributed by atoms with Gasteiger partial charge in [0.2, 0.25) is 0 Å². The predicted octanol–water partition coefficient (Wildman–Crippen LogP) is 9.87. The topological polar surface area (TPSA) is 56.7 Å². The molecule has 0 amide bonds. The molecule has 0 saturated carbocycles. The Bertz CT molecular complexity index is 2380. The number of hydrogen-bond donors (Lipinski definition) is 0. The molecule has 44 heavy (non-hydrogen) atoms. The predicted molar refractivity (Wildman–Crippen MR) is 178 cm³/mol. The van der Waals surface area contributed by atoms with Gasteiger partial charge < -0.3 is 8.98 Å². The molecule has 3 heterocycles. The average Bonchev–Trinajstić information content (AvgIpc) is 3.64. The first-order valence-corrected chi connectivity index (χ1v) is 14.6. The van der Waals surface area contributed by atoms with Crippen LogP contribution in [-0.4, -0.2) is 19.5 Å². The molecule has 5 nitrogen and oxygen atoms in total. The van der Waals surface area contributed by atoms with Crippen LogP contribution in [0.25, 0.3) is 83.6 Å². The van der Waals surface area contributed by atoms with Crippen molar-refractivity contribution >= 4 is 43.7 Å². The molecule has 0 N–H and O–H groups in total. The zero-order chi connectivity index (χ0) is 29.0. The lowest BCUT2D eigenvalue weighted by Crippen LogP contribution is -2.04. The highest BCUT2D eigenvalue weighted by Crippen LogP contribution is 2.42. The van der Waals surface area contributed by atoms with E-state index in [1.54, 1.807) is 0 Å². The number of furan rings is 1. The third kappa shape index (κ3) is 3.76. The average molecular weight is 565 g/mol. The number of rotatable bonds is 4. The van der Waals surface area contributed by atoms with Gasteiger partial charge in [-0.2, -0.15) is 0 Å². The fourth-order valence-corrected chi connectivity index (χ4v) is 6.27. The number of nitrogens with zero attached hydrogens (tertiary/aromatic N) is 4. The summed E-state index contributed by atoms with van der Waals surface area (Å²) in [6.07, 6.45) is 0. The van der Waals surface area contributed by atoms with E-state index in [9.17, 15) is 0 Å². The molecule has 0 unspecified atom stereocenters. The molecule has 0 bridgehead atoms. The van der Waals surface area contributed by atoms with E-state index in [-0.39, 0.29) is 0 Å². The van der Waals surface area contributed by atoms with Crippen LogP contribution in [0.2, 0.25) is 0 Å². The van der Waals surface area contributed by atoms with Gasteiger partial charge in [-0.25, -0.2) is 15.0 Å². The highest BCUT2D eigenvalue weighted by molar-refractivity contribution is 6.14. The standard InChI is InChI=1S/C39H24N4O/c1-3-13-25(14-4-1)37-40-38(26-15-5-2-6-16-26)42-39(41-37)31-24-23-30-29-19-9-12-22-34(29)44-36(30)35(31)43-32-20-10-7-17-27(32)28-18-8-11-21-33(28)43/h1-24H. The van der Waals surface area contributed by atoms with Crippen LogP contribution in [0.5, 0.6) is 0 Å². The van der Waals surface area contributed by atoms with Crippen molar-refractivity contribution < 1.29 is 4.42 Å². The monoisotopic (exact) mass is 564 g/mol. The smallest absolute Gasteiger partial charge is 0.166 e. The summed E-state index contributed by atoms with van der Waals surface area (Å²) in [6.45, 7) is 0. The van der Waals surface area contributed by atoms with Gasteiger partial charge in [0.05, 0.1) is 11.0 Å². The van der Waals surface area contributed by atoms with Gasteiger partial charge in [-0.1, -0.05) is 115 Å². The van der Waals surface area contributed by atoms with E-state index >= 15 is 0 Å². The number of hydrogen-bond acceptors (Lipinski definition) is 4. The number of benzene rings is 6. The largest absolute Gasteiger partial charge is 0.454 e. The highest BCUT2D eigenvalue weighted by Gasteiger charge is 2.24. The van der Waals surface area contributed by atoms with E-state index in [2.05, 4.69) is 77.4 Å². The lowest BCUT2D eigenvalue weighted by Gasteiger charge is -2.15. The van der Waals surface area contributed by atoms with Crippen LogP contribution in [0.15, 0.2) is 150 Å². The van der Waals surface area contributed by atoms with E-state index in [0.717, 1.165) is 55.3 Å². The van der Waals surface area contributed by atoms with Gasteiger partial charge in [0, 0.05) is 38.2 Å². The summed E-state index contributed by atoms with van der Waals surface area (Å²) in [6, 6.07) is 49.6. The third-order valence-corrected chi connectivity index (χ3v) is 8.26. The molecule has 0 aliphatic carbocycles. The van der Waals surface area contributed by atoms with Crippen molar-refractivity contribution in [2.75, 3.05) is 0 Å². The lowest BCUT2D eigenvalue weighted by atomic mass is 10.1. The molecule has 0 spiro atoms. The summed E-state index contributed by atoms with van der Waals surface area (Å²) in [5.41, 5.74) is 7.42. The van der Waals surface area contributed by atoms with Crippen LogP contribution < -0.4 is 0 Å². The summed E-state index contributed by atoms with van der Waals surface area (Å²) in [5, 5.41) is 4.46. The number of para-hydroxylation sites is 3. The van der Waals surface area contributed by atoms with Crippen molar-refractivity contribution in [1.82, 2.24) is 19.5 Å². The first kappa shape index (κ1) is 24.5. The number of fused-ring (bicyclic) bond motifs is 6. The Morgan fingerprint density at radius 1 is 0.409 bits per heavy atom. The molecule has 0 atom stereocenters. The van der Waals surface area contributed by atoms with Crippen molar-refractivity contribution in [1.29, 1.82) is 0 Å². The molecule has 0 aliphatic heterocycles. The SMILES string of the molecule is c1ccc(-c2nc(-c3ccccc3)nc(-c3ccc4c(oc5ccccc54)c3-n3c4ccccc4c4ccccc43)n2)cc1. The second kappa shape index (κ2) is 9.75. The molecule has 0 fully saturated rings. The van der Waals surface area contributed by atoms with Crippen molar-refractivity contribution in [3.63, 3.8) is 0 Å². The van der Waals surface area contributed by atoms with Gasteiger partial charge in [-0.05, 0) is 30.3 Å². The molecule has 9 aromatic rings. The van der Waals surface area contributed by atoms with E-state index in [1.165, 1.54) is 10.8 Å². The second-order valence-corrected chi connectivity index (χ2v) is 10.8. The summed E-state index contributed by atoms with van der Waals surface area (Å²) in [5.74, 6) is 1.82. The molecule has 0 aliphatic rings. The number of aromatic nitrogens is 4. The van der Waals surface area contributed by atoms with Crippen LogP contribution >= 0.6 is 0 Å². The zero-order valence-corrected chi connectivity index (χ0v) is 23.6. The molecule has 6 aromatic carbocycles. The van der Waals surface area contributed by atoms with Crippen LogP contribution in [0.3, 0.4) is 0 Å². The minimum atomic E-state index is 0.580. The summed E-state index contributed by atoms with van der Waals surface area (Å²) >= 11 is 0. The molecular formula is C39H24N4O. The normalized spacial score (nSPS) is 11.6. The Morgan fingerprint density at radius 2 is 0.909 bits per heavy atom. The zero-order valence-electron chi connectivity index (χ0n) is 23.6. The minimum Gasteiger partial charge on any atom is -0.454 e. The van der Waals surface area contributed by atoms with Crippen molar-refractivity contribution in [2.24, 2.45) is 0 Å². The van der Waals surface area contributed by atoms with Gasteiger partial charge in [0.25, 0.3) is 0 Å². The fraction of sp³-hybridized carbons (Fsp3) is 0. The summed E-state index contributed by atoms with van der Waals surface area (Å²) in [4.78, 5) is 15.2.